The number of ether oxygens (including phenoxy) is 1. The van der Waals surface area contributed by atoms with E-state index < -0.39 is 0 Å². The van der Waals surface area contributed by atoms with E-state index in [0.717, 1.165) is 24.4 Å². The highest BCUT2D eigenvalue weighted by Gasteiger charge is 2.28. The number of pyridine rings is 1. The molecule has 1 saturated carbocycles. The molecule has 1 aromatic rings. The van der Waals surface area contributed by atoms with E-state index in [1.165, 1.54) is 12.8 Å². The lowest BCUT2D eigenvalue weighted by molar-refractivity contribution is 0.154. The third-order valence-electron chi connectivity index (χ3n) is 3.12. The maximum absolute atomic E-state index is 5.92. The Morgan fingerprint density at radius 3 is 3.13 bits per heavy atom. The predicted molar refractivity (Wildman–Crippen MR) is 59.8 cm³/mol. The van der Waals surface area contributed by atoms with Gasteiger partial charge in [-0.15, -0.1) is 0 Å². The second-order valence-electron chi connectivity index (χ2n) is 4.21. The zero-order valence-electron chi connectivity index (χ0n) is 9.15. The zero-order chi connectivity index (χ0) is 10.7. The first kappa shape index (κ1) is 10.4. The molecule has 0 aromatic carbocycles. The van der Waals surface area contributed by atoms with Gasteiger partial charge in [-0.3, -0.25) is 0 Å². The summed E-state index contributed by atoms with van der Waals surface area (Å²) in [6.07, 6.45) is 5.56. The van der Waals surface area contributed by atoms with Gasteiger partial charge in [0.05, 0.1) is 0 Å². The molecular weight excluding hydrogens is 188 g/mol. The van der Waals surface area contributed by atoms with Crippen molar-refractivity contribution >= 4 is 0 Å². The fourth-order valence-corrected chi connectivity index (χ4v) is 2.17. The summed E-state index contributed by atoms with van der Waals surface area (Å²) in [5, 5.41) is 0. The van der Waals surface area contributed by atoms with Crippen LogP contribution < -0.4 is 10.5 Å². The highest BCUT2D eigenvalue weighted by Crippen LogP contribution is 2.29. The first-order valence-electron chi connectivity index (χ1n) is 5.59. The molecule has 3 nitrogen and oxygen atoms in total. The van der Waals surface area contributed by atoms with E-state index in [1.807, 2.05) is 19.1 Å². The summed E-state index contributed by atoms with van der Waals surface area (Å²) in [6, 6.07) is 3.95. The van der Waals surface area contributed by atoms with Crippen LogP contribution in [0, 0.1) is 12.8 Å². The van der Waals surface area contributed by atoms with Gasteiger partial charge in [-0.1, -0.05) is 6.07 Å². The molecule has 0 saturated heterocycles. The zero-order valence-corrected chi connectivity index (χ0v) is 9.15. The van der Waals surface area contributed by atoms with Gasteiger partial charge in [0.15, 0.2) is 0 Å². The molecule has 0 amide bonds. The number of hydrogen-bond donors (Lipinski definition) is 1. The van der Waals surface area contributed by atoms with Crippen LogP contribution in [0.5, 0.6) is 5.88 Å². The van der Waals surface area contributed by atoms with Crippen LogP contribution in [0.15, 0.2) is 18.3 Å². The van der Waals surface area contributed by atoms with Crippen molar-refractivity contribution in [3.63, 3.8) is 0 Å². The Morgan fingerprint density at radius 1 is 1.53 bits per heavy atom. The van der Waals surface area contributed by atoms with Crippen LogP contribution in [-0.2, 0) is 0 Å². The van der Waals surface area contributed by atoms with Crippen molar-refractivity contribution in [2.45, 2.75) is 32.3 Å². The average Bonchev–Trinajstić information content (AvgIpc) is 2.69. The minimum atomic E-state index is 0.267. The van der Waals surface area contributed by atoms with Crippen molar-refractivity contribution in [1.82, 2.24) is 4.98 Å². The summed E-state index contributed by atoms with van der Waals surface area (Å²) in [4.78, 5) is 4.25. The minimum absolute atomic E-state index is 0.267. The van der Waals surface area contributed by atoms with Gasteiger partial charge in [0.1, 0.15) is 6.10 Å². The Hall–Kier alpha value is -1.09. The summed E-state index contributed by atoms with van der Waals surface area (Å²) >= 11 is 0. The largest absolute Gasteiger partial charge is 0.474 e. The van der Waals surface area contributed by atoms with Gasteiger partial charge in [-0.25, -0.2) is 4.98 Å². The molecule has 2 N–H and O–H groups in total. The SMILES string of the molecule is Cc1cccnc1OC1CCCC1CN. The number of hydrogen-bond acceptors (Lipinski definition) is 3. The first-order valence-corrected chi connectivity index (χ1v) is 5.59. The third kappa shape index (κ3) is 2.29. The summed E-state index contributed by atoms with van der Waals surface area (Å²) in [6.45, 7) is 2.74. The molecule has 1 fully saturated rings. The topological polar surface area (TPSA) is 48.1 Å². The summed E-state index contributed by atoms with van der Waals surface area (Å²) in [5.74, 6) is 1.27. The Bertz CT molecular complexity index is 327. The van der Waals surface area contributed by atoms with Crippen LogP contribution in [0.1, 0.15) is 24.8 Å². The molecule has 1 aromatic heterocycles. The number of aromatic nitrogens is 1. The number of rotatable bonds is 3. The van der Waals surface area contributed by atoms with Crippen LogP contribution in [0.2, 0.25) is 0 Å². The molecule has 0 bridgehead atoms. The molecule has 1 aliphatic carbocycles. The third-order valence-corrected chi connectivity index (χ3v) is 3.12. The lowest BCUT2D eigenvalue weighted by Crippen LogP contribution is -2.28. The molecule has 1 heterocycles. The molecule has 2 unspecified atom stereocenters. The van der Waals surface area contributed by atoms with Gasteiger partial charge in [0.2, 0.25) is 5.88 Å². The van der Waals surface area contributed by atoms with Crippen molar-refractivity contribution in [1.29, 1.82) is 0 Å². The van der Waals surface area contributed by atoms with E-state index in [4.69, 9.17) is 10.5 Å². The maximum atomic E-state index is 5.92. The monoisotopic (exact) mass is 206 g/mol. The molecule has 0 radical (unpaired) electrons. The summed E-state index contributed by atoms with van der Waals surface area (Å²) in [7, 11) is 0. The number of nitrogens with zero attached hydrogens (tertiary/aromatic N) is 1. The maximum Gasteiger partial charge on any atom is 0.216 e. The Balaban J connectivity index is 2.05. The lowest BCUT2D eigenvalue weighted by Gasteiger charge is -2.19. The van der Waals surface area contributed by atoms with Crippen molar-refractivity contribution in [2.75, 3.05) is 6.54 Å². The van der Waals surface area contributed by atoms with Gasteiger partial charge >= 0.3 is 0 Å². The smallest absolute Gasteiger partial charge is 0.216 e. The molecular formula is C12H18N2O. The minimum Gasteiger partial charge on any atom is -0.474 e. The van der Waals surface area contributed by atoms with Crippen molar-refractivity contribution in [2.24, 2.45) is 11.7 Å². The van der Waals surface area contributed by atoms with Crippen LogP contribution in [0.4, 0.5) is 0 Å². The first-order chi connectivity index (χ1) is 7.31. The number of aryl methyl sites for hydroxylation is 1. The van der Waals surface area contributed by atoms with Gasteiger partial charge in [0, 0.05) is 17.7 Å². The van der Waals surface area contributed by atoms with Crippen molar-refractivity contribution in [3.05, 3.63) is 23.9 Å². The van der Waals surface area contributed by atoms with E-state index in [0.29, 0.717) is 5.92 Å². The van der Waals surface area contributed by atoms with E-state index in [1.54, 1.807) is 6.20 Å². The van der Waals surface area contributed by atoms with E-state index >= 15 is 0 Å². The molecule has 82 valence electrons. The lowest BCUT2D eigenvalue weighted by atomic mass is 10.1. The molecule has 2 rings (SSSR count). The molecule has 0 spiro atoms. The number of nitrogens with two attached hydrogens (primary N) is 1. The van der Waals surface area contributed by atoms with Gasteiger partial charge < -0.3 is 10.5 Å². The summed E-state index contributed by atoms with van der Waals surface area (Å²) < 4.78 is 5.92. The quantitative estimate of drug-likeness (QED) is 0.821. The van der Waals surface area contributed by atoms with E-state index in [-0.39, 0.29) is 6.10 Å². The van der Waals surface area contributed by atoms with Crippen LogP contribution in [-0.4, -0.2) is 17.6 Å². The van der Waals surface area contributed by atoms with Gasteiger partial charge in [0.25, 0.3) is 0 Å². The van der Waals surface area contributed by atoms with E-state index in [9.17, 15) is 0 Å². The van der Waals surface area contributed by atoms with Crippen LogP contribution >= 0.6 is 0 Å². The Morgan fingerprint density at radius 2 is 2.40 bits per heavy atom. The van der Waals surface area contributed by atoms with Crippen molar-refractivity contribution in [3.8, 4) is 5.88 Å². The Labute approximate surface area is 90.7 Å². The van der Waals surface area contributed by atoms with Gasteiger partial charge in [-0.2, -0.15) is 0 Å². The average molecular weight is 206 g/mol. The molecule has 3 heteroatoms. The summed E-state index contributed by atoms with van der Waals surface area (Å²) in [5.41, 5.74) is 6.81. The van der Waals surface area contributed by atoms with Crippen molar-refractivity contribution < 1.29 is 4.74 Å². The highest BCUT2D eigenvalue weighted by molar-refractivity contribution is 5.23. The van der Waals surface area contributed by atoms with Gasteiger partial charge in [-0.05, 0) is 38.8 Å². The predicted octanol–water partition coefficient (Wildman–Crippen LogP) is 1.90. The van der Waals surface area contributed by atoms with Crippen LogP contribution in [0.25, 0.3) is 0 Å². The molecule has 1 aliphatic rings. The highest BCUT2D eigenvalue weighted by atomic mass is 16.5. The standard InChI is InChI=1S/C12H18N2O/c1-9-4-3-7-14-12(9)15-11-6-2-5-10(11)8-13/h3-4,7,10-11H,2,5-6,8,13H2,1H3. The molecule has 0 aliphatic heterocycles. The second kappa shape index (κ2) is 4.62. The molecule has 2 atom stereocenters. The van der Waals surface area contributed by atoms with E-state index in [2.05, 4.69) is 4.98 Å². The Kier molecular flexibility index (Phi) is 3.21. The fourth-order valence-electron chi connectivity index (χ4n) is 2.17. The normalized spacial score (nSPS) is 25.5. The van der Waals surface area contributed by atoms with Crippen LogP contribution in [0.3, 0.4) is 0 Å². The fraction of sp³-hybridized carbons (Fsp3) is 0.583. The molecule has 15 heavy (non-hydrogen) atoms. The second-order valence-corrected chi connectivity index (χ2v) is 4.21.